The molecule has 0 saturated heterocycles. The van der Waals surface area contributed by atoms with Gasteiger partial charge in [-0.3, -0.25) is 4.79 Å². The first-order valence-corrected chi connectivity index (χ1v) is 8.35. The van der Waals surface area contributed by atoms with Gasteiger partial charge in [-0.25, -0.2) is 14.0 Å². The Hall–Kier alpha value is -3.16. The Kier molecular flexibility index (Phi) is 6.33. The molecule has 0 saturated carbocycles. The van der Waals surface area contributed by atoms with Gasteiger partial charge in [0.25, 0.3) is 5.91 Å². The van der Waals surface area contributed by atoms with Crippen LogP contribution in [-0.4, -0.2) is 36.0 Å². The van der Waals surface area contributed by atoms with E-state index in [1.165, 1.54) is 32.2 Å². The number of H-pyrrole nitrogens is 1. The van der Waals surface area contributed by atoms with Crippen molar-refractivity contribution in [3.8, 4) is 0 Å². The summed E-state index contributed by atoms with van der Waals surface area (Å²) < 4.78 is 23.1. The highest BCUT2D eigenvalue weighted by Gasteiger charge is 2.27. The van der Waals surface area contributed by atoms with Crippen LogP contribution in [0.3, 0.4) is 0 Å². The van der Waals surface area contributed by atoms with Crippen LogP contribution in [-0.2, 0) is 20.7 Å². The third kappa shape index (κ3) is 4.52. The number of halogens is 1. The van der Waals surface area contributed by atoms with Gasteiger partial charge in [-0.05, 0) is 44.0 Å². The van der Waals surface area contributed by atoms with Crippen molar-refractivity contribution in [2.75, 3.05) is 12.4 Å². The number of amides is 1. The molecule has 0 aliphatic carbocycles. The maximum Gasteiger partial charge on any atom is 0.355 e. The summed E-state index contributed by atoms with van der Waals surface area (Å²) >= 11 is 0. The van der Waals surface area contributed by atoms with Crippen molar-refractivity contribution in [1.82, 2.24) is 4.98 Å². The predicted molar refractivity (Wildman–Crippen MR) is 96.2 cm³/mol. The number of carbonyl (C=O) groups excluding carboxylic acids is 3. The van der Waals surface area contributed by atoms with E-state index in [0.29, 0.717) is 17.7 Å². The number of methoxy groups -OCH3 is 1. The summed E-state index contributed by atoms with van der Waals surface area (Å²) in [4.78, 5) is 39.4. The van der Waals surface area contributed by atoms with Crippen LogP contribution in [0.15, 0.2) is 24.3 Å². The molecule has 144 valence electrons. The number of hydrogen-bond donors (Lipinski definition) is 2. The molecule has 1 amide bonds. The van der Waals surface area contributed by atoms with Crippen molar-refractivity contribution in [2.45, 2.75) is 33.3 Å². The third-order valence-corrected chi connectivity index (χ3v) is 4.02. The molecule has 1 atom stereocenters. The molecule has 0 aliphatic heterocycles. The zero-order valence-corrected chi connectivity index (χ0v) is 15.5. The number of benzene rings is 1. The van der Waals surface area contributed by atoms with Crippen LogP contribution in [0.4, 0.5) is 10.1 Å². The van der Waals surface area contributed by atoms with E-state index >= 15 is 0 Å². The fourth-order valence-corrected chi connectivity index (χ4v) is 2.59. The summed E-state index contributed by atoms with van der Waals surface area (Å²) in [6.07, 6.45) is -0.649. The van der Waals surface area contributed by atoms with Gasteiger partial charge in [0.1, 0.15) is 11.5 Å². The van der Waals surface area contributed by atoms with E-state index in [4.69, 9.17) is 9.47 Å². The molecule has 2 aromatic rings. The summed E-state index contributed by atoms with van der Waals surface area (Å²) in [6, 6.07) is 5.36. The lowest BCUT2D eigenvalue weighted by atomic mass is 10.1. The van der Waals surface area contributed by atoms with Crippen LogP contribution in [0.2, 0.25) is 0 Å². The lowest BCUT2D eigenvalue weighted by Gasteiger charge is -2.13. The van der Waals surface area contributed by atoms with E-state index < -0.39 is 29.8 Å². The van der Waals surface area contributed by atoms with Crippen molar-refractivity contribution in [2.24, 2.45) is 0 Å². The number of aromatic amines is 1. The Labute approximate surface area is 155 Å². The molecule has 1 heterocycles. The maximum absolute atomic E-state index is 13.2. The number of aromatic nitrogens is 1. The second-order valence-electron chi connectivity index (χ2n) is 5.87. The topological polar surface area (TPSA) is 97.5 Å². The van der Waals surface area contributed by atoms with Gasteiger partial charge in [-0.15, -0.1) is 0 Å². The van der Waals surface area contributed by atoms with E-state index in [-0.39, 0.29) is 16.9 Å². The predicted octanol–water partition coefficient (Wildman–Crippen LogP) is 3.00. The fourth-order valence-electron chi connectivity index (χ4n) is 2.59. The first-order valence-electron chi connectivity index (χ1n) is 8.35. The SMILES string of the molecule is CCc1[nH]c(C(=O)OC(C)C(=O)Nc2cccc(F)c2)c(C)c1C(=O)OC. The van der Waals surface area contributed by atoms with E-state index in [1.807, 2.05) is 6.92 Å². The smallest absolute Gasteiger partial charge is 0.355 e. The molecule has 1 aromatic heterocycles. The quantitative estimate of drug-likeness (QED) is 0.756. The van der Waals surface area contributed by atoms with Crippen LogP contribution in [0.25, 0.3) is 0 Å². The van der Waals surface area contributed by atoms with Gasteiger partial charge in [0.2, 0.25) is 0 Å². The highest BCUT2D eigenvalue weighted by Crippen LogP contribution is 2.21. The number of hydrogen-bond acceptors (Lipinski definition) is 5. The van der Waals surface area contributed by atoms with Crippen molar-refractivity contribution in [3.63, 3.8) is 0 Å². The summed E-state index contributed by atoms with van der Waals surface area (Å²) in [7, 11) is 1.25. The van der Waals surface area contributed by atoms with Gasteiger partial charge in [-0.2, -0.15) is 0 Å². The highest BCUT2D eigenvalue weighted by molar-refractivity contribution is 6.00. The Morgan fingerprint density at radius 2 is 1.96 bits per heavy atom. The molecule has 7 nitrogen and oxygen atoms in total. The zero-order chi connectivity index (χ0) is 20.1. The summed E-state index contributed by atoms with van der Waals surface area (Å²) in [6.45, 7) is 4.81. The molecule has 1 unspecified atom stereocenters. The molecule has 2 N–H and O–H groups in total. The monoisotopic (exact) mass is 376 g/mol. The minimum absolute atomic E-state index is 0.0812. The van der Waals surface area contributed by atoms with Crippen molar-refractivity contribution >= 4 is 23.5 Å². The number of aryl methyl sites for hydroxylation is 1. The molecule has 0 aliphatic rings. The maximum atomic E-state index is 13.2. The number of anilines is 1. The molecule has 2 rings (SSSR count). The molecule has 27 heavy (non-hydrogen) atoms. The van der Waals surface area contributed by atoms with Gasteiger partial charge in [0.05, 0.1) is 12.7 Å². The van der Waals surface area contributed by atoms with Gasteiger partial charge in [0, 0.05) is 11.4 Å². The molecular formula is C19H21FN2O5. The Morgan fingerprint density at radius 3 is 2.56 bits per heavy atom. The van der Waals surface area contributed by atoms with Crippen molar-refractivity contribution in [1.29, 1.82) is 0 Å². The average molecular weight is 376 g/mol. The molecule has 0 bridgehead atoms. The Morgan fingerprint density at radius 1 is 1.26 bits per heavy atom. The minimum Gasteiger partial charge on any atom is -0.465 e. The molecule has 1 aromatic carbocycles. The highest BCUT2D eigenvalue weighted by atomic mass is 19.1. The van der Waals surface area contributed by atoms with Crippen LogP contribution < -0.4 is 5.32 Å². The molecule has 0 radical (unpaired) electrons. The molecule has 8 heteroatoms. The summed E-state index contributed by atoms with van der Waals surface area (Å²) in [5.74, 6) is -2.44. The van der Waals surface area contributed by atoms with Crippen LogP contribution in [0.1, 0.15) is 46.0 Å². The summed E-state index contributed by atoms with van der Waals surface area (Å²) in [5.41, 5.74) is 1.55. The number of esters is 2. The third-order valence-electron chi connectivity index (χ3n) is 4.02. The lowest BCUT2D eigenvalue weighted by Crippen LogP contribution is -2.30. The number of carbonyl (C=O) groups is 3. The first-order chi connectivity index (χ1) is 12.8. The standard InChI is InChI=1S/C19H21FN2O5/c1-5-14-15(18(24)26-4)10(2)16(22-14)19(25)27-11(3)17(23)21-13-8-6-7-12(20)9-13/h6-9,11,22H,5H2,1-4H3,(H,21,23). The average Bonchev–Trinajstić information content (AvgIpc) is 2.97. The number of rotatable bonds is 6. The first kappa shape index (κ1) is 20.2. The van der Waals surface area contributed by atoms with Gasteiger partial charge < -0.3 is 19.8 Å². The lowest BCUT2D eigenvalue weighted by molar-refractivity contribution is -0.123. The largest absolute Gasteiger partial charge is 0.465 e. The zero-order valence-electron chi connectivity index (χ0n) is 15.5. The van der Waals surface area contributed by atoms with Crippen molar-refractivity contribution in [3.05, 3.63) is 52.6 Å². The van der Waals surface area contributed by atoms with Crippen molar-refractivity contribution < 1.29 is 28.2 Å². The minimum atomic E-state index is -1.13. The Bertz CT molecular complexity index is 875. The van der Waals surface area contributed by atoms with Crippen LogP contribution in [0, 0.1) is 12.7 Å². The number of nitrogens with one attached hydrogen (secondary N) is 2. The van der Waals surface area contributed by atoms with Gasteiger partial charge in [-0.1, -0.05) is 13.0 Å². The Balaban J connectivity index is 2.13. The second kappa shape index (κ2) is 8.48. The van der Waals surface area contributed by atoms with Crippen LogP contribution >= 0.6 is 0 Å². The molecule has 0 fully saturated rings. The van der Waals surface area contributed by atoms with Gasteiger partial charge in [0.15, 0.2) is 6.10 Å². The fraction of sp³-hybridized carbons (Fsp3) is 0.316. The van der Waals surface area contributed by atoms with E-state index in [0.717, 1.165) is 6.07 Å². The molecule has 0 spiro atoms. The number of ether oxygens (including phenoxy) is 2. The van der Waals surface area contributed by atoms with E-state index in [1.54, 1.807) is 6.92 Å². The summed E-state index contributed by atoms with van der Waals surface area (Å²) in [5, 5.41) is 2.47. The van der Waals surface area contributed by atoms with Crippen LogP contribution in [0.5, 0.6) is 0 Å². The molecular weight excluding hydrogens is 355 g/mol. The van der Waals surface area contributed by atoms with Gasteiger partial charge >= 0.3 is 11.9 Å². The van der Waals surface area contributed by atoms with E-state index in [9.17, 15) is 18.8 Å². The van der Waals surface area contributed by atoms with E-state index in [2.05, 4.69) is 10.3 Å². The normalized spacial score (nSPS) is 11.6. The second-order valence-corrected chi connectivity index (χ2v) is 5.87.